The third-order valence-corrected chi connectivity index (χ3v) is 7.89. The quantitative estimate of drug-likeness (QED) is 0.180. The van der Waals surface area contributed by atoms with E-state index in [2.05, 4.69) is 10.2 Å². The Bertz CT molecular complexity index is 1730. The lowest BCUT2D eigenvalue weighted by Gasteiger charge is -2.40. The van der Waals surface area contributed by atoms with Gasteiger partial charge in [-0.1, -0.05) is 18.5 Å². The van der Waals surface area contributed by atoms with Gasteiger partial charge in [0.15, 0.2) is 17.0 Å². The highest BCUT2D eigenvalue weighted by Gasteiger charge is 2.40. The van der Waals surface area contributed by atoms with Gasteiger partial charge >= 0.3 is 5.97 Å². The predicted octanol–water partition coefficient (Wildman–Crippen LogP) is 4.52. The molecule has 11 nitrogen and oxygen atoms in total. The van der Waals surface area contributed by atoms with Gasteiger partial charge in [-0.3, -0.25) is 9.36 Å². The second-order valence-electron chi connectivity index (χ2n) is 10.6. The molecule has 2 aromatic heterocycles. The van der Waals surface area contributed by atoms with Crippen molar-refractivity contribution >= 4 is 40.5 Å². The molecule has 3 heterocycles. The fourth-order valence-corrected chi connectivity index (χ4v) is 5.64. The van der Waals surface area contributed by atoms with Crippen molar-refractivity contribution in [1.82, 2.24) is 24.8 Å². The molecule has 1 aliphatic heterocycles. The Labute approximate surface area is 265 Å². The first-order valence-electron chi connectivity index (χ1n) is 14.7. The van der Waals surface area contributed by atoms with E-state index in [0.29, 0.717) is 79.2 Å². The van der Waals surface area contributed by atoms with Crippen molar-refractivity contribution in [3.8, 4) is 22.8 Å². The number of rotatable bonds is 11. The molecule has 4 aromatic rings. The number of nitrogens with one attached hydrogen (secondary N) is 1. The molecule has 236 valence electrons. The van der Waals surface area contributed by atoms with Crippen LogP contribution in [0.2, 0.25) is 5.02 Å². The SMILES string of the molecule is CCNC1(C(N)=O)CCN(c2nc(C)nc3c2nc(-c2ccc(Cl)cc2F)n3-c2ccc(OC/C=C/C(=O)OCC)cc2)CC1. The zero-order chi connectivity index (χ0) is 32.1. The molecule has 45 heavy (non-hydrogen) atoms. The van der Waals surface area contributed by atoms with Gasteiger partial charge in [0.05, 0.1) is 12.2 Å². The largest absolute Gasteiger partial charge is 0.490 e. The third-order valence-electron chi connectivity index (χ3n) is 7.66. The smallest absolute Gasteiger partial charge is 0.330 e. The number of primary amides is 1. The van der Waals surface area contributed by atoms with Gasteiger partial charge in [-0.2, -0.15) is 0 Å². The van der Waals surface area contributed by atoms with E-state index in [1.165, 1.54) is 12.1 Å². The lowest BCUT2D eigenvalue weighted by Crippen LogP contribution is -2.61. The first kappa shape index (κ1) is 31.9. The van der Waals surface area contributed by atoms with E-state index in [1.54, 1.807) is 48.8 Å². The summed E-state index contributed by atoms with van der Waals surface area (Å²) in [5, 5.41) is 3.54. The summed E-state index contributed by atoms with van der Waals surface area (Å²) < 4.78 is 27.8. The highest BCUT2D eigenvalue weighted by atomic mass is 35.5. The van der Waals surface area contributed by atoms with Crippen LogP contribution in [0.4, 0.5) is 10.2 Å². The van der Waals surface area contributed by atoms with Crippen LogP contribution in [-0.4, -0.2) is 69.8 Å². The van der Waals surface area contributed by atoms with Crippen molar-refractivity contribution in [2.24, 2.45) is 5.73 Å². The van der Waals surface area contributed by atoms with Crippen LogP contribution in [0.15, 0.2) is 54.6 Å². The van der Waals surface area contributed by atoms with Crippen molar-refractivity contribution in [2.45, 2.75) is 39.2 Å². The third kappa shape index (κ3) is 6.76. The molecule has 0 unspecified atom stereocenters. The van der Waals surface area contributed by atoms with Gasteiger partial charge in [-0.15, -0.1) is 0 Å². The van der Waals surface area contributed by atoms with E-state index in [1.807, 2.05) is 19.1 Å². The van der Waals surface area contributed by atoms with Crippen molar-refractivity contribution in [3.63, 3.8) is 0 Å². The second-order valence-corrected chi connectivity index (χ2v) is 11.0. The monoisotopic (exact) mass is 635 g/mol. The molecule has 3 N–H and O–H groups in total. The molecule has 1 aliphatic rings. The number of hydrogen-bond donors (Lipinski definition) is 2. The number of benzene rings is 2. The predicted molar refractivity (Wildman–Crippen MR) is 170 cm³/mol. The van der Waals surface area contributed by atoms with Gasteiger partial charge in [-0.05, 0) is 81.8 Å². The Morgan fingerprint density at radius 3 is 2.49 bits per heavy atom. The standard InChI is InChI=1S/C32H35ClFN7O4/c1-4-36-32(31(35)43)14-16-40(17-15-32)29-27-30(38-20(3)37-29)41(28(39-27)24-13-8-21(33)19-25(24)34)22-9-11-23(12-10-22)45-18-6-7-26(42)44-5-2/h6-13,19,36H,4-5,14-18H2,1-3H3,(H2,35,43)/b7-6+. The first-order chi connectivity index (χ1) is 21.7. The molecule has 0 saturated carbocycles. The number of aryl methyl sites for hydroxylation is 1. The number of piperidine rings is 1. The van der Waals surface area contributed by atoms with Crippen molar-refractivity contribution < 1.29 is 23.5 Å². The summed E-state index contributed by atoms with van der Waals surface area (Å²) in [5.74, 6) is 0.644. The number of nitrogens with two attached hydrogens (primary N) is 1. The van der Waals surface area contributed by atoms with Gasteiger partial charge in [0.1, 0.15) is 35.4 Å². The molecule has 0 atom stereocenters. The fourth-order valence-electron chi connectivity index (χ4n) is 5.49. The fraction of sp³-hybridized carbons (Fsp3) is 0.344. The number of carbonyl (C=O) groups excluding carboxylic acids is 2. The minimum Gasteiger partial charge on any atom is -0.490 e. The van der Waals surface area contributed by atoms with Crippen LogP contribution >= 0.6 is 11.6 Å². The molecule has 0 aliphatic carbocycles. The van der Waals surface area contributed by atoms with Gasteiger partial charge in [0.25, 0.3) is 0 Å². The van der Waals surface area contributed by atoms with Crippen LogP contribution in [0.1, 0.15) is 32.5 Å². The highest BCUT2D eigenvalue weighted by Crippen LogP contribution is 2.36. The first-order valence-corrected chi connectivity index (χ1v) is 15.1. The molecule has 1 fully saturated rings. The van der Waals surface area contributed by atoms with Crippen LogP contribution in [-0.2, 0) is 14.3 Å². The molecule has 0 bridgehead atoms. The Morgan fingerprint density at radius 1 is 1.11 bits per heavy atom. The summed E-state index contributed by atoms with van der Waals surface area (Å²) in [5.41, 5.74) is 6.89. The number of likely N-dealkylation sites (N-methyl/N-ethyl adjacent to an activating group) is 1. The lowest BCUT2D eigenvalue weighted by atomic mass is 9.86. The number of imidazole rings is 1. The topological polar surface area (TPSA) is 137 Å². The minimum atomic E-state index is -0.790. The molecule has 5 rings (SSSR count). The molecule has 1 saturated heterocycles. The number of nitrogens with zero attached hydrogens (tertiary/aromatic N) is 5. The van der Waals surface area contributed by atoms with Crippen LogP contribution in [0.3, 0.4) is 0 Å². The van der Waals surface area contributed by atoms with E-state index >= 15 is 4.39 Å². The lowest BCUT2D eigenvalue weighted by molar-refractivity contribution is -0.137. The zero-order valence-electron chi connectivity index (χ0n) is 25.3. The number of esters is 1. The van der Waals surface area contributed by atoms with Crippen LogP contribution in [0.5, 0.6) is 5.75 Å². The number of halogens is 2. The average molecular weight is 636 g/mol. The van der Waals surface area contributed by atoms with Gasteiger partial charge in [0.2, 0.25) is 5.91 Å². The summed E-state index contributed by atoms with van der Waals surface area (Å²) in [6.07, 6.45) is 3.88. The molecule has 13 heteroatoms. The Morgan fingerprint density at radius 2 is 1.84 bits per heavy atom. The molecule has 1 amide bonds. The summed E-state index contributed by atoms with van der Waals surface area (Å²) in [6.45, 7) is 7.58. The van der Waals surface area contributed by atoms with Crippen molar-refractivity contribution in [1.29, 1.82) is 0 Å². The molecule has 0 spiro atoms. The van der Waals surface area contributed by atoms with E-state index in [9.17, 15) is 9.59 Å². The normalized spacial score (nSPS) is 14.6. The van der Waals surface area contributed by atoms with Crippen molar-refractivity contribution in [3.05, 3.63) is 71.3 Å². The highest BCUT2D eigenvalue weighted by molar-refractivity contribution is 6.30. The van der Waals surface area contributed by atoms with Crippen molar-refractivity contribution in [2.75, 3.05) is 37.7 Å². The second kappa shape index (κ2) is 13.6. The van der Waals surface area contributed by atoms with E-state index in [4.69, 9.17) is 41.8 Å². The number of ether oxygens (including phenoxy) is 2. The Balaban J connectivity index is 1.54. The summed E-state index contributed by atoms with van der Waals surface area (Å²) >= 11 is 6.08. The van der Waals surface area contributed by atoms with Crippen LogP contribution in [0, 0.1) is 12.7 Å². The molecule has 2 aromatic carbocycles. The minimum absolute atomic E-state index is 0.170. The zero-order valence-corrected chi connectivity index (χ0v) is 26.1. The number of amides is 1. The maximum atomic E-state index is 15.4. The Kier molecular flexibility index (Phi) is 9.64. The maximum Gasteiger partial charge on any atom is 0.330 e. The number of hydrogen-bond acceptors (Lipinski definition) is 9. The molecule has 0 radical (unpaired) electrons. The average Bonchev–Trinajstić information content (AvgIpc) is 3.38. The number of anilines is 1. The maximum absolute atomic E-state index is 15.4. The summed E-state index contributed by atoms with van der Waals surface area (Å²) in [6, 6.07) is 11.6. The summed E-state index contributed by atoms with van der Waals surface area (Å²) in [4.78, 5) is 40.4. The van der Waals surface area contributed by atoms with Gasteiger partial charge in [0, 0.05) is 29.9 Å². The van der Waals surface area contributed by atoms with Crippen LogP contribution in [0.25, 0.3) is 28.2 Å². The van der Waals surface area contributed by atoms with Gasteiger partial charge < -0.3 is 25.4 Å². The number of aromatic nitrogens is 4. The Hall–Kier alpha value is -4.55. The van der Waals surface area contributed by atoms with E-state index in [-0.39, 0.29) is 23.1 Å². The molecular weight excluding hydrogens is 601 g/mol. The number of fused-ring (bicyclic) bond motifs is 1. The van der Waals surface area contributed by atoms with E-state index in [0.717, 1.165) is 0 Å². The van der Waals surface area contributed by atoms with Crippen LogP contribution < -0.4 is 20.7 Å². The summed E-state index contributed by atoms with van der Waals surface area (Å²) in [7, 11) is 0. The number of carbonyl (C=O) groups is 2. The van der Waals surface area contributed by atoms with E-state index < -0.39 is 17.3 Å². The van der Waals surface area contributed by atoms with Gasteiger partial charge in [-0.25, -0.2) is 24.1 Å². The molecular formula is C32H35ClFN7O4.